The average Bonchev–Trinajstić information content (AvgIpc) is 3.54. The zero-order valence-corrected chi connectivity index (χ0v) is 18.6. The van der Waals surface area contributed by atoms with Crippen LogP contribution in [0.4, 0.5) is 5.13 Å². The van der Waals surface area contributed by atoms with E-state index in [4.69, 9.17) is 4.98 Å². The summed E-state index contributed by atoms with van der Waals surface area (Å²) in [6.45, 7) is 6.34. The summed E-state index contributed by atoms with van der Waals surface area (Å²) in [4.78, 5) is 9.91. The summed E-state index contributed by atoms with van der Waals surface area (Å²) in [7, 11) is 0. The van der Waals surface area contributed by atoms with Crippen LogP contribution >= 0.6 is 11.3 Å². The fraction of sp³-hybridized carbons (Fsp3) is 0.636. The lowest BCUT2D eigenvalue weighted by Gasteiger charge is -2.39. The van der Waals surface area contributed by atoms with E-state index >= 15 is 0 Å². The van der Waals surface area contributed by atoms with Crippen LogP contribution in [-0.2, 0) is 0 Å². The number of unbranched alkanes of at least 4 members (excludes halogenated alkanes) is 1. The summed E-state index contributed by atoms with van der Waals surface area (Å²) < 4.78 is 3.43. The Morgan fingerprint density at radius 3 is 2.67 bits per heavy atom. The van der Waals surface area contributed by atoms with Crippen LogP contribution in [-0.4, -0.2) is 56.3 Å². The topological polar surface area (TPSA) is 63.0 Å². The van der Waals surface area contributed by atoms with Gasteiger partial charge in [0.05, 0.1) is 22.3 Å². The number of piperazine rings is 1. The van der Waals surface area contributed by atoms with Crippen molar-refractivity contribution in [1.29, 1.82) is 0 Å². The van der Waals surface area contributed by atoms with E-state index in [1.807, 2.05) is 0 Å². The van der Waals surface area contributed by atoms with Crippen LogP contribution in [0.15, 0.2) is 24.3 Å². The van der Waals surface area contributed by atoms with E-state index < -0.39 is 0 Å². The molecule has 7 nitrogen and oxygen atoms in total. The molecule has 5 rings (SSSR count). The smallest absolute Gasteiger partial charge is 0.186 e. The number of thiazole rings is 1. The molecule has 0 N–H and O–H groups in total. The van der Waals surface area contributed by atoms with Crippen molar-refractivity contribution >= 4 is 26.7 Å². The first kappa shape index (κ1) is 19.9. The van der Waals surface area contributed by atoms with E-state index in [-0.39, 0.29) is 0 Å². The minimum atomic E-state index is 0.318. The number of fused-ring (bicyclic) bond motifs is 1. The quantitative estimate of drug-likeness (QED) is 0.557. The third-order valence-corrected chi connectivity index (χ3v) is 7.72. The highest BCUT2D eigenvalue weighted by molar-refractivity contribution is 7.22. The number of hydrogen-bond donors (Lipinski definition) is 0. The van der Waals surface area contributed by atoms with Gasteiger partial charge in [-0.1, -0.05) is 56.1 Å². The fourth-order valence-corrected chi connectivity index (χ4v) is 5.94. The predicted octanol–water partition coefficient (Wildman–Crippen LogP) is 4.45. The van der Waals surface area contributed by atoms with Crippen molar-refractivity contribution in [1.82, 2.24) is 30.1 Å². The van der Waals surface area contributed by atoms with E-state index in [1.54, 1.807) is 11.3 Å². The van der Waals surface area contributed by atoms with E-state index in [9.17, 15) is 0 Å². The SMILES string of the molecule is CCCC[C@H](c1nnnn1C1CCCC1)N1CCN(c2nc3ccccc3s2)CC1. The molecule has 2 fully saturated rings. The molecule has 0 spiro atoms. The maximum absolute atomic E-state index is 4.86. The molecule has 30 heavy (non-hydrogen) atoms. The number of nitrogens with zero attached hydrogens (tertiary/aromatic N) is 7. The van der Waals surface area contributed by atoms with E-state index in [0.717, 1.165) is 49.1 Å². The van der Waals surface area contributed by atoms with Gasteiger partial charge >= 0.3 is 0 Å². The Bertz CT molecular complexity index is 920. The molecule has 3 heterocycles. The van der Waals surface area contributed by atoms with Gasteiger partial charge in [0.1, 0.15) is 0 Å². The molecule has 1 aromatic carbocycles. The molecule has 0 amide bonds. The van der Waals surface area contributed by atoms with E-state index in [2.05, 4.69) is 61.2 Å². The van der Waals surface area contributed by atoms with E-state index in [0.29, 0.717) is 12.1 Å². The third kappa shape index (κ3) is 3.95. The molecule has 0 unspecified atom stereocenters. The molecule has 1 atom stereocenters. The highest BCUT2D eigenvalue weighted by Crippen LogP contribution is 2.34. The second kappa shape index (κ2) is 8.98. The number of rotatable bonds is 7. The Kier molecular flexibility index (Phi) is 5.95. The van der Waals surface area contributed by atoms with Gasteiger partial charge in [0, 0.05) is 26.2 Å². The van der Waals surface area contributed by atoms with Gasteiger partial charge in [-0.25, -0.2) is 9.67 Å². The Morgan fingerprint density at radius 1 is 1.10 bits per heavy atom. The van der Waals surface area contributed by atoms with Crippen LogP contribution in [0.3, 0.4) is 0 Å². The van der Waals surface area contributed by atoms with Crippen LogP contribution in [0.25, 0.3) is 10.2 Å². The molecule has 0 radical (unpaired) electrons. The van der Waals surface area contributed by atoms with Crippen LogP contribution in [0, 0.1) is 0 Å². The largest absolute Gasteiger partial charge is 0.345 e. The first-order valence-corrected chi connectivity index (χ1v) is 12.3. The number of aromatic nitrogens is 5. The molecule has 1 saturated carbocycles. The number of hydrogen-bond acceptors (Lipinski definition) is 7. The van der Waals surface area contributed by atoms with Crippen molar-refractivity contribution in [2.24, 2.45) is 0 Å². The average molecular weight is 426 g/mol. The molecule has 160 valence electrons. The monoisotopic (exact) mass is 425 g/mol. The molecular formula is C22H31N7S. The molecule has 2 aromatic heterocycles. The highest BCUT2D eigenvalue weighted by atomic mass is 32.1. The summed E-state index contributed by atoms with van der Waals surface area (Å²) in [5, 5.41) is 14.2. The number of benzene rings is 1. The lowest BCUT2D eigenvalue weighted by molar-refractivity contribution is 0.160. The summed E-state index contributed by atoms with van der Waals surface area (Å²) in [5.74, 6) is 1.09. The second-order valence-electron chi connectivity index (χ2n) is 8.57. The predicted molar refractivity (Wildman–Crippen MR) is 121 cm³/mol. The Balaban J connectivity index is 1.31. The zero-order chi connectivity index (χ0) is 20.3. The summed E-state index contributed by atoms with van der Waals surface area (Å²) in [6, 6.07) is 9.23. The molecule has 2 aliphatic rings. The van der Waals surface area contributed by atoms with Gasteiger partial charge in [0.15, 0.2) is 11.0 Å². The van der Waals surface area contributed by atoms with E-state index in [1.165, 1.54) is 43.2 Å². The van der Waals surface area contributed by atoms with Gasteiger partial charge in [-0.05, 0) is 41.8 Å². The zero-order valence-electron chi connectivity index (χ0n) is 17.8. The Morgan fingerprint density at radius 2 is 1.90 bits per heavy atom. The molecular weight excluding hydrogens is 394 g/mol. The summed E-state index contributed by atoms with van der Waals surface area (Å²) in [5.41, 5.74) is 1.11. The normalized spacial score (nSPS) is 19.7. The number of anilines is 1. The van der Waals surface area contributed by atoms with Crippen molar-refractivity contribution in [3.63, 3.8) is 0 Å². The molecule has 1 aliphatic carbocycles. The van der Waals surface area contributed by atoms with Crippen molar-refractivity contribution in [2.75, 3.05) is 31.1 Å². The summed E-state index contributed by atoms with van der Waals surface area (Å²) >= 11 is 1.80. The van der Waals surface area contributed by atoms with Crippen LogP contribution in [0.2, 0.25) is 0 Å². The number of para-hydroxylation sites is 1. The van der Waals surface area contributed by atoms with Crippen molar-refractivity contribution in [2.45, 2.75) is 64.0 Å². The van der Waals surface area contributed by atoms with Gasteiger partial charge in [0.2, 0.25) is 0 Å². The minimum absolute atomic E-state index is 0.318. The number of tetrazole rings is 1. The van der Waals surface area contributed by atoms with Gasteiger partial charge in [-0.3, -0.25) is 4.90 Å². The minimum Gasteiger partial charge on any atom is -0.345 e. The maximum Gasteiger partial charge on any atom is 0.186 e. The third-order valence-electron chi connectivity index (χ3n) is 6.63. The van der Waals surface area contributed by atoms with Crippen LogP contribution in [0.1, 0.15) is 69.8 Å². The summed E-state index contributed by atoms with van der Waals surface area (Å²) in [6.07, 6.45) is 8.56. The van der Waals surface area contributed by atoms with Gasteiger partial charge in [-0.15, -0.1) is 5.10 Å². The van der Waals surface area contributed by atoms with Gasteiger partial charge in [0.25, 0.3) is 0 Å². The molecule has 3 aromatic rings. The molecule has 8 heteroatoms. The standard InChI is InChI=1S/C22H31N7S/c1-2-3-11-19(21-24-25-26-29(21)17-8-4-5-9-17)27-13-15-28(16-14-27)22-23-18-10-6-7-12-20(18)30-22/h6-7,10,12,17,19H,2-5,8-9,11,13-16H2,1H3/t19-/m1/s1. The van der Waals surface area contributed by atoms with Gasteiger partial charge in [-0.2, -0.15) is 0 Å². The second-order valence-corrected chi connectivity index (χ2v) is 9.57. The lowest BCUT2D eigenvalue weighted by atomic mass is 10.1. The fourth-order valence-electron chi connectivity index (χ4n) is 4.92. The molecule has 1 aliphatic heterocycles. The van der Waals surface area contributed by atoms with Gasteiger partial charge < -0.3 is 4.90 Å². The Labute approximate surface area is 182 Å². The van der Waals surface area contributed by atoms with Crippen LogP contribution < -0.4 is 4.90 Å². The Hall–Kier alpha value is -2.06. The van der Waals surface area contributed by atoms with Crippen molar-refractivity contribution in [3.8, 4) is 0 Å². The maximum atomic E-state index is 4.86. The first-order valence-electron chi connectivity index (χ1n) is 11.5. The van der Waals surface area contributed by atoms with Crippen LogP contribution in [0.5, 0.6) is 0 Å². The lowest BCUT2D eigenvalue weighted by Crippen LogP contribution is -2.48. The highest BCUT2D eigenvalue weighted by Gasteiger charge is 2.32. The van der Waals surface area contributed by atoms with Crippen molar-refractivity contribution in [3.05, 3.63) is 30.1 Å². The molecule has 1 saturated heterocycles. The molecule has 0 bridgehead atoms. The first-order chi connectivity index (χ1) is 14.8. The van der Waals surface area contributed by atoms with Crippen molar-refractivity contribution < 1.29 is 0 Å².